The highest BCUT2D eigenvalue weighted by molar-refractivity contribution is 7.26. The second-order valence-corrected chi connectivity index (χ2v) is 16.6. The Hall–Kier alpha value is -7.40. The fourth-order valence-corrected chi connectivity index (χ4v) is 11.4. The molecule has 276 valence electrons. The topological polar surface area (TPSA) is 21.7 Å². The van der Waals surface area contributed by atoms with Crippen LogP contribution in [0, 0.1) is 0 Å². The number of hydrogen-bond acceptors (Lipinski definition) is 4. The molecule has 3 aliphatic rings. The summed E-state index contributed by atoms with van der Waals surface area (Å²) < 4.78 is 16.8. The SMILES string of the molecule is c1ccc(N(c2ccc(-c3cccc4c3sc3ccccc34)cc2)c2cccc3c2Oc2c(ccc4c2-c2ccccc2C42c4ccccc4-c4ccccc42)O3)cc1. The van der Waals surface area contributed by atoms with Crippen molar-refractivity contribution in [2.75, 3.05) is 4.90 Å². The maximum absolute atomic E-state index is 7.32. The molecular weight excluding hydrogens is 739 g/mol. The number of nitrogens with zero attached hydrogens (tertiary/aromatic N) is 1. The van der Waals surface area contributed by atoms with Gasteiger partial charge in [0.05, 0.1) is 11.1 Å². The van der Waals surface area contributed by atoms with Gasteiger partial charge in [-0.3, -0.25) is 0 Å². The number of fused-ring (bicyclic) bond motifs is 16. The van der Waals surface area contributed by atoms with Crippen molar-refractivity contribution in [2.45, 2.75) is 5.41 Å². The number of anilines is 3. The lowest BCUT2D eigenvalue weighted by Gasteiger charge is -2.32. The van der Waals surface area contributed by atoms with Gasteiger partial charge in [0.15, 0.2) is 23.0 Å². The van der Waals surface area contributed by atoms with Gasteiger partial charge in [0.2, 0.25) is 0 Å². The van der Waals surface area contributed by atoms with Crippen LogP contribution in [0.4, 0.5) is 17.1 Å². The maximum Gasteiger partial charge on any atom is 0.194 e. The molecule has 9 aromatic carbocycles. The van der Waals surface area contributed by atoms with Crippen LogP contribution in [0.1, 0.15) is 22.3 Å². The number of thiophene rings is 1. The largest absolute Gasteiger partial charge is 0.449 e. The smallest absolute Gasteiger partial charge is 0.194 e. The van der Waals surface area contributed by atoms with E-state index >= 15 is 0 Å². The van der Waals surface area contributed by atoms with Crippen LogP contribution in [-0.2, 0) is 5.41 Å². The summed E-state index contributed by atoms with van der Waals surface area (Å²) in [5.74, 6) is 2.82. The standard InChI is InChI=1S/C55H33NO2S/c1-2-14-35(15-3-1)56(36-30-28-34(29-31-36)37-20-12-21-41-40-18-7-11-27-50(40)59-54(37)41)47-25-13-26-48-52(47)58-53-49(57-48)33-32-46-51(53)42-19-6-10-24-45(42)55(46)43-22-8-4-16-38(43)39-17-5-9-23-44(39)55/h1-33H. The summed E-state index contributed by atoms with van der Waals surface area (Å²) in [6.07, 6.45) is 0. The van der Waals surface area contributed by atoms with Gasteiger partial charge in [-0.25, -0.2) is 0 Å². The van der Waals surface area contributed by atoms with E-state index in [2.05, 4.69) is 199 Å². The lowest BCUT2D eigenvalue weighted by molar-refractivity contribution is 0.361. The van der Waals surface area contributed by atoms with E-state index in [0.29, 0.717) is 17.2 Å². The number of hydrogen-bond donors (Lipinski definition) is 0. The molecule has 1 aromatic heterocycles. The van der Waals surface area contributed by atoms with Gasteiger partial charge in [-0.2, -0.15) is 0 Å². The van der Waals surface area contributed by atoms with Crippen LogP contribution in [0.5, 0.6) is 23.0 Å². The van der Waals surface area contributed by atoms with E-state index in [1.165, 1.54) is 70.2 Å². The van der Waals surface area contributed by atoms with Crippen LogP contribution < -0.4 is 14.4 Å². The highest BCUT2D eigenvalue weighted by Gasteiger charge is 2.53. The van der Waals surface area contributed by atoms with E-state index < -0.39 is 5.41 Å². The molecule has 0 unspecified atom stereocenters. The van der Waals surface area contributed by atoms with Gasteiger partial charge in [-0.1, -0.05) is 152 Å². The fraction of sp³-hybridized carbons (Fsp3) is 0.0182. The van der Waals surface area contributed by atoms with Gasteiger partial charge in [-0.15, -0.1) is 11.3 Å². The molecule has 1 spiro atoms. The summed E-state index contributed by atoms with van der Waals surface area (Å²) in [5.41, 5.74) is 14.8. The summed E-state index contributed by atoms with van der Waals surface area (Å²) in [4.78, 5) is 2.28. The quantitative estimate of drug-likeness (QED) is 0.178. The Morgan fingerprint density at radius 1 is 0.390 bits per heavy atom. The van der Waals surface area contributed by atoms with E-state index in [1.807, 2.05) is 17.4 Å². The first-order chi connectivity index (χ1) is 29.3. The van der Waals surface area contributed by atoms with E-state index in [-0.39, 0.29) is 0 Å². The van der Waals surface area contributed by atoms with E-state index in [9.17, 15) is 0 Å². The molecule has 2 aliphatic carbocycles. The molecule has 0 atom stereocenters. The van der Waals surface area contributed by atoms with Crippen molar-refractivity contribution in [3.8, 4) is 56.4 Å². The van der Waals surface area contributed by atoms with Gasteiger partial charge in [-0.05, 0) is 98.6 Å². The molecule has 0 bridgehead atoms. The Bertz CT molecular complexity index is 3300. The Morgan fingerprint density at radius 3 is 1.76 bits per heavy atom. The maximum atomic E-state index is 7.32. The van der Waals surface area contributed by atoms with E-state index in [4.69, 9.17) is 9.47 Å². The Kier molecular flexibility index (Phi) is 6.81. The van der Waals surface area contributed by atoms with Crippen LogP contribution in [0.25, 0.3) is 53.6 Å². The Morgan fingerprint density at radius 2 is 0.983 bits per heavy atom. The van der Waals surface area contributed by atoms with Crippen molar-refractivity contribution in [1.29, 1.82) is 0 Å². The molecule has 59 heavy (non-hydrogen) atoms. The lowest BCUT2D eigenvalue weighted by Crippen LogP contribution is -2.25. The molecule has 1 aliphatic heterocycles. The van der Waals surface area contributed by atoms with Gasteiger partial charge >= 0.3 is 0 Å². The van der Waals surface area contributed by atoms with Gasteiger partial charge in [0.1, 0.15) is 0 Å². The molecule has 3 nitrogen and oxygen atoms in total. The monoisotopic (exact) mass is 771 g/mol. The van der Waals surface area contributed by atoms with E-state index in [1.54, 1.807) is 0 Å². The zero-order valence-electron chi connectivity index (χ0n) is 31.7. The minimum atomic E-state index is -0.477. The minimum absolute atomic E-state index is 0.477. The van der Waals surface area contributed by atoms with Gasteiger partial charge in [0, 0.05) is 37.1 Å². The molecule has 0 N–H and O–H groups in total. The second-order valence-electron chi connectivity index (χ2n) is 15.5. The Labute approximate surface area is 345 Å². The summed E-state index contributed by atoms with van der Waals surface area (Å²) in [6.45, 7) is 0. The number of benzene rings is 9. The average Bonchev–Trinajstić information content (AvgIpc) is 3.94. The van der Waals surface area contributed by atoms with Crippen molar-refractivity contribution in [3.05, 3.63) is 222 Å². The molecule has 0 amide bonds. The molecular formula is C55H33NO2S. The van der Waals surface area contributed by atoms with Crippen molar-refractivity contribution < 1.29 is 9.47 Å². The zero-order valence-corrected chi connectivity index (χ0v) is 32.5. The third kappa shape index (κ3) is 4.47. The number of para-hydroxylation sites is 2. The van der Waals surface area contributed by atoms with Crippen molar-refractivity contribution in [3.63, 3.8) is 0 Å². The molecule has 0 saturated heterocycles. The normalized spacial score (nSPS) is 13.5. The summed E-state index contributed by atoms with van der Waals surface area (Å²) >= 11 is 1.86. The fourth-order valence-electron chi connectivity index (χ4n) is 10.2. The molecule has 0 radical (unpaired) electrons. The Balaban J connectivity index is 0.967. The van der Waals surface area contributed by atoms with Crippen LogP contribution in [0.2, 0.25) is 0 Å². The average molecular weight is 772 g/mol. The predicted octanol–water partition coefficient (Wildman–Crippen LogP) is 15.4. The van der Waals surface area contributed by atoms with Gasteiger partial charge in [0.25, 0.3) is 0 Å². The van der Waals surface area contributed by atoms with Crippen LogP contribution in [-0.4, -0.2) is 0 Å². The van der Waals surface area contributed by atoms with Gasteiger partial charge < -0.3 is 14.4 Å². The highest BCUT2D eigenvalue weighted by atomic mass is 32.1. The molecule has 0 saturated carbocycles. The molecule has 10 aromatic rings. The summed E-state index contributed by atoms with van der Waals surface area (Å²) in [6, 6.07) is 72.0. The number of ether oxygens (including phenoxy) is 2. The predicted molar refractivity (Wildman–Crippen MR) is 242 cm³/mol. The van der Waals surface area contributed by atoms with Crippen LogP contribution >= 0.6 is 11.3 Å². The van der Waals surface area contributed by atoms with Crippen molar-refractivity contribution >= 4 is 48.6 Å². The first kappa shape index (κ1) is 32.7. The van der Waals surface area contributed by atoms with E-state index in [0.717, 1.165) is 28.4 Å². The van der Waals surface area contributed by atoms with Crippen molar-refractivity contribution in [1.82, 2.24) is 0 Å². The van der Waals surface area contributed by atoms with Crippen molar-refractivity contribution in [2.24, 2.45) is 0 Å². The third-order valence-electron chi connectivity index (χ3n) is 12.6. The molecule has 13 rings (SSSR count). The first-order valence-corrected chi connectivity index (χ1v) is 20.9. The van der Waals surface area contributed by atoms with Crippen LogP contribution in [0.3, 0.4) is 0 Å². The molecule has 0 fully saturated rings. The summed E-state index contributed by atoms with van der Waals surface area (Å²) in [7, 11) is 0. The first-order valence-electron chi connectivity index (χ1n) is 20.1. The molecule has 2 heterocycles. The number of rotatable bonds is 4. The van der Waals surface area contributed by atoms with Crippen LogP contribution in [0.15, 0.2) is 200 Å². The third-order valence-corrected chi connectivity index (χ3v) is 13.8. The molecule has 4 heteroatoms. The lowest BCUT2D eigenvalue weighted by atomic mass is 9.70. The highest BCUT2D eigenvalue weighted by Crippen LogP contribution is 2.67. The summed E-state index contributed by atoms with van der Waals surface area (Å²) in [5, 5.41) is 2.61. The minimum Gasteiger partial charge on any atom is -0.449 e. The zero-order chi connectivity index (χ0) is 38.7. The second kappa shape index (κ2) is 12.3.